The number of benzene rings is 2. The van der Waals surface area contributed by atoms with Crippen molar-refractivity contribution in [1.82, 2.24) is 0 Å². The van der Waals surface area contributed by atoms with Crippen LogP contribution in [0.25, 0.3) is 0 Å². The molecule has 20 heavy (non-hydrogen) atoms. The first-order chi connectivity index (χ1) is 9.47. The number of hydrogen-bond donors (Lipinski definition) is 0. The molecule has 1 nitrogen and oxygen atoms in total. The van der Waals surface area contributed by atoms with Crippen molar-refractivity contribution in [2.45, 2.75) is 30.9 Å². The van der Waals surface area contributed by atoms with E-state index in [9.17, 15) is 4.79 Å². The van der Waals surface area contributed by atoms with Gasteiger partial charge in [0.15, 0.2) is 5.78 Å². The van der Waals surface area contributed by atoms with Gasteiger partial charge < -0.3 is 0 Å². The maximum atomic E-state index is 12.4. The Morgan fingerprint density at radius 2 is 1.85 bits per heavy atom. The summed E-state index contributed by atoms with van der Waals surface area (Å²) in [6, 6.07) is 13.5. The number of hydrogen-bond acceptors (Lipinski definition) is 2. The standard InChI is InChI=1S/C17H17ClOS/c1-11-7-8-14(9-12(11)2)17(19)13(3)20-16-6-4-5-15(18)10-16/h4-10,13H,1-3H3. The van der Waals surface area contributed by atoms with E-state index in [1.54, 1.807) is 0 Å². The fourth-order valence-corrected chi connectivity index (χ4v) is 3.19. The Balaban J connectivity index is 2.14. The van der Waals surface area contributed by atoms with Crippen molar-refractivity contribution in [2.75, 3.05) is 0 Å². The first kappa shape index (κ1) is 15.1. The second kappa shape index (κ2) is 6.47. The fraction of sp³-hybridized carbons (Fsp3) is 0.235. The molecule has 104 valence electrons. The number of thioether (sulfide) groups is 1. The molecule has 0 saturated heterocycles. The lowest BCUT2D eigenvalue weighted by Gasteiger charge is -2.11. The second-order valence-electron chi connectivity index (χ2n) is 4.88. The summed E-state index contributed by atoms with van der Waals surface area (Å²) in [6.45, 7) is 6.01. The first-order valence-electron chi connectivity index (χ1n) is 6.51. The highest BCUT2D eigenvalue weighted by Crippen LogP contribution is 2.28. The largest absolute Gasteiger partial charge is 0.293 e. The van der Waals surface area contributed by atoms with Gasteiger partial charge in [-0.1, -0.05) is 29.8 Å². The fourth-order valence-electron chi connectivity index (χ4n) is 1.93. The van der Waals surface area contributed by atoms with Crippen LogP contribution < -0.4 is 0 Å². The minimum atomic E-state index is -0.129. The molecule has 1 unspecified atom stereocenters. The predicted molar refractivity (Wildman–Crippen MR) is 87.0 cm³/mol. The molecule has 0 spiro atoms. The van der Waals surface area contributed by atoms with Crippen molar-refractivity contribution >= 4 is 29.1 Å². The summed E-state index contributed by atoms with van der Waals surface area (Å²) in [5.74, 6) is 0.151. The molecule has 1 atom stereocenters. The average molecular weight is 305 g/mol. The molecule has 0 radical (unpaired) electrons. The number of halogens is 1. The van der Waals surface area contributed by atoms with Crippen LogP contribution in [0.4, 0.5) is 0 Å². The van der Waals surface area contributed by atoms with Gasteiger partial charge in [-0.25, -0.2) is 0 Å². The van der Waals surface area contributed by atoms with E-state index < -0.39 is 0 Å². The van der Waals surface area contributed by atoms with Crippen molar-refractivity contribution in [3.63, 3.8) is 0 Å². The zero-order valence-corrected chi connectivity index (χ0v) is 13.4. The molecule has 0 aliphatic carbocycles. The van der Waals surface area contributed by atoms with E-state index in [1.165, 1.54) is 17.3 Å². The molecule has 2 aromatic carbocycles. The van der Waals surface area contributed by atoms with Gasteiger partial charge in [-0.05, 0) is 56.2 Å². The molecular formula is C17H17ClOS. The topological polar surface area (TPSA) is 17.1 Å². The molecule has 3 heteroatoms. The molecule has 0 aliphatic rings. The van der Waals surface area contributed by atoms with Crippen LogP contribution in [-0.2, 0) is 0 Å². The average Bonchev–Trinajstić information content (AvgIpc) is 2.41. The summed E-state index contributed by atoms with van der Waals surface area (Å²) >= 11 is 7.50. The SMILES string of the molecule is Cc1ccc(C(=O)C(C)Sc2cccc(Cl)c2)cc1C. The Hall–Kier alpha value is -1.25. The smallest absolute Gasteiger partial charge is 0.175 e. The van der Waals surface area contributed by atoms with E-state index >= 15 is 0 Å². The summed E-state index contributed by atoms with van der Waals surface area (Å²) in [5.41, 5.74) is 3.13. The maximum absolute atomic E-state index is 12.4. The Labute approximate surface area is 129 Å². The summed E-state index contributed by atoms with van der Waals surface area (Å²) in [5, 5.41) is 0.566. The quantitative estimate of drug-likeness (QED) is 0.561. The molecule has 0 heterocycles. The van der Waals surface area contributed by atoms with Gasteiger partial charge in [-0.2, -0.15) is 0 Å². The molecule has 0 aliphatic heterocycles. The van der Waals surface area contributed by atoms with Crippen LogP contribution in [0.15, 0.2) is 47.4 Å². The van der Waals surface area contributed by atoms with E-state index in [0.717, 1.165) is 16.0 Å². The van der Waals surface area contributed by atoms with Crippen molar-refractivity contribution in [2.24, 2.45) is 0 Å². The summed E-state index contributed by atoms with van der Waals surface area (Å²) in [6.07, 6.45) is 0. The highest BCUT2D eigenvalue weighted by molar-refractivity contribution is 8.00. The molecular weight excluding hydrogens is 288 g/mol. The Bertz CT molecular complexity index is 637. The Morgan fingerprint density at radius 3 is 2.50 bits per heavy atom. The van der Waals surface area contributed by atoms with E-state index in [4.69, 9.17) is 11.6 Å². The van der Waals surface area contributed by atoms with Gasteiger partial charge in [0.2, 0.25) is 0 Å². The minimum absolute atomic E-state index is 0.129. The van der Waals surface area contributed by atoms with Gasteiger partial charge in [0.05, 0.1) is 5.25 Å². The molecule has 2 rings (SSSR count). The molecule has 0 fully saturated rings. The number of aryl methyl sites for hydroxylation is 2. The number of ketones is 1. The normalized spacial score (nSPS) is 12.2. The highest BCUT2D eigenvalue weighted by Gasteiger charge is 2.17. The van der Waals surface area contributed by atoms with Crippen LogP contribution in [0.5, 0.6) is 0 Å². The van der Waals surface area contributed by atoms with Crippen LogP contribution in [0.2, 0.25) is 5.02 Å². The second-order valence-corrected chi connectivity index (χ2v) is 6.73. The third kappa shape index (κ3) is 3.65. The van der Waals surface area contributed by atoms with Crippen LogP contribution in [0, 0.1) is 13.8 Å². The van der Waals surface area contributed by atoms with E-state index in [0.29, 0.717) is 5.02 Å². The zero-order chi connectivity index (χ0) is 14.7. The molecule has 0 saturated carbocycles. The van der Waals surface area contributed by atoms with E-state index in [2.05, 4.69) is 0 Å². The first-order valence-corrected chi connectivity index (χ1v) is 7.77. The van der Waals surface area contributed by atoms with E-state index in [1.807, 2.05) is 63.2 Å². The van der Waals surface area contributed by atoms with Crippen molar-refractivity contribution in [3.8, 4) is 0 Å². The molecule has 0 N–H and O–H groups in total. The third-order valence-corrected chi connectivity index (χ3v) is 4.60. The number of carbonyl (C=O) groups is 1. The predicted octanol–water partition coefficient (Wildman–Crippen LogP) is 5.32. The lowest BCUT2D eigenvalue weighted by molar-refractivity contribution is 0.0994. The maximum Gasteiger partial charge on any atom is 0.175 e. The van der Waals surface area contributed by atoms with Gasteiger partial charge in [0, 0.05) is 15.5 Å². The van der Waals surface area contributed by atoms with Crippen LogP contribution in [0.3, 0.4) is 0 Å². The van der Waals surface area contributed by atoms with E-state index in [-0.39, 0.29) is 11.0 Å². The van der Waals surface area contributed by atoms with Gasteiger partial charge in [0.25, 0.3) is 0 Å². The van der Waals surface area contributed by atoms with Crippen molar-refractivity contribution < 1.29 is 4.79 Å². The highest BCUT2D eigenvalue weighted by atomic mass is 35.5. The summed E-state index contributed by atoms with van der Waals surface area (Å²) in [7, 11) is 0. The van der Waals surface area contributed by atoms with Crippen LogP contribution in [0.1, 0.15) is 28.4 Å². The van der Waals surface area contributed by atoms with Gasteiger partial charge in [-0.15, -0.1) is 11.8 Å². The summed E-state index contributed by atoms with van der Waals surface area (Å²) in [4.78, 5) is 13.5. The monoisotopic (exact) mass is 304 g/mol. The van der Waals surface area contributed by atoms with Crippen molar-refractivity contribution in [1.29, 1.82) is 0 Å². The van der Waals surface area contributed by atoms with Crippen LogP contribution in [-0.4, -0.2) is 11.0 Å². The Kier molecular flexibility index (Phi) is 4.90. The van der Waals surface area contributed by atoms with Crippen LogP contribution >= 0.6 is 23.4 Å². The zero-order valence-electron chi connectivity index (χ0n) is 11.8. The lowest BCUT2D eigenvalue weighted by atomic mass is 10.0. The third-order valence-electron chi connectivity index (χ3n) is 3.27. The van der Waals surface area contributed by atoms with Gasteiger partial charge >= 0.3 is 0 Å². The number of Topliss-reactive ketones (excluding diaryl/α,β-unsaturated/α-hetero) is 1. The lowest BCUT2D eigenvalue weighted by Crippen LogP contribution is -2.13. The minimum Gasteiger partial charge on any atom is -0.293 e. The van der Waals surface area contributed by atoms with Crippen molar-refractivity contribution in [3.05, 3.63) is 64.2 Å². The Morgan fingerprint density at radius 1 is 1.10 bits per heavy atom. The van der Waals surface area contributed by atoms with Gasteiger partial charge in [-0.3, -0.25) is 4.79 Å². The summed E-state index contributed by atoms with van der Waals surface area (Å²) < 4.78 is 0. The van der Waals surface area contributed by atoms with Gasteiger partial charge in [0.1, 0.15) is 0 Å². The number of carbonyl (C=O) groups excluding carboxylic acids is 1. The molecule has 2 aromatic rings. The molecule has 0 amide bonds. The number of rotatable bonds is 4. The molecule has 0 bridgehead atoms. The molecule has 0 aromatic heterocycles.